The minimum Gasteiger partial charge on any atom is -0.481 e. The van der Waals surface area contributed by atoms with Crippen molar-refractivity contribution in [1.82, 2.24) is 15.1 Å². The summed E-state index contributed by atoms with van der Waals surface area (Å²) in [4.78, 5) is 24.4. The Morgan fingerprint density at radius 2 is 2.44 bits per heavy atom. The van der Waals surface area contributed by atoms with Crippen molar-refractivity contribution in [2.24, 2.45) is 0 Å². The van der Waals surface area contributed by atoms with E-state index in [9.17, 15) is 9.59 Å². The molecule has 18 heavy (non-hydrogen) atoms. The Kier molecular flexibility index (Phi) is 3.93. The lowest BCUT2D eigenvalue weighted by Crippen LogP contribution is -2.50. The third-order valence-electron chi connectivity index (χ3n) is 2.86. The largest absolute Gasteiger partial charge is 0.481 e. The normalized spacial score (nSPS) is 19.8. The zero-order chi connectivity index (χ0) is 13.0. The van der Waals surface area contributed by atoms with Gasteiger partial charge in [0.15, 0.2) is 0 Å². The van der Waals surface area contributed by atoms with Gasteiger partial charge >= 0.3 is 5.97 Å². The molecule has 1 aliphatic rings. The zero-order valence-corrected chi connectivity index (χ0v) is 9.83. The molecule has 1 fully saturated rings. The maximum absolute atomic E-state index is 12.1. The number of nitrogens with zero attached hydrogens (tertiary/aromatic N) is 2. The molecular weight excluding hydrogens is 238 g/mol. The van der Waals surface area contributed by atoms with Crippen LogP contribution in [-0.2, 0) is 20.7 Å². The van der Waals surface area contributed by atoms with Gasteiger partial charge in [-0.25, -0.2) is 0 Å². The van der Waals surface area contributed by atoms with E-state index in [0.717, 1.165) is 5.69 Å². The number of hydrogen-bond acceptors (Lipinski definition) is 4. The van der Waals surface area contributed by atoms with Crippen LogP contribution in [-0.4, -0.2) is 57.9 Å². The third kappa shape index (κ3) is 3.07. The van der Waals surface area contributed by atoms with Crippen LogP contribution in [0.25, 0.3) is 0 Å². The van der Waals surface area contributed by atoms with Gasteiger partial charge in [0.05, 0.1) is 32.1 Å². The van der Waals surface area contributed by atoms with Crippen molar-refractivity contribution in [3.05, 3.63) is 18.0 Å². The molecule has 1 unspecified atom stereocenters. The fourth-order valence-corrected chi connectivity index (χ4v) is 2.00. The number of aromatic nitrogens is 2. The van der Waals surface area contributed by atoms with Crippen molar-refractivity contribution in [2.75, 3.05) is 19.8 Å². The smallest absolute Gasteiger partial charge is 0.305 e. The van der Waals surface area contributed by atoms with Gasteiger partial charge in [-0.3, -0.25) is 14.7 Å². The van der Waals surface area contributed by atoms with Crippen LogP contribution in [0, 0.1) is 0 Å². The molecule has 1 aromatic rings. The van der Waals surface area contributed by atoms with Crippen LogP contribution in [0.15, 0.2) is 12.3 Å². The van der Waals surface area contributed by atoms with Gasteiger partial charge in [0, 0.05) is 18.4 Å². The predicted molar refractivity (Wildman–Crippen MR) is 60.9 cm³/mol. The molecule has 2 N–H and O–H groups in total. The topological polar surface area (TPSA) is 95.5 Å². The second kappa shape index (κ2) is 5.63. The summed E-state index contributed by atoms with van der Waals surface area (Å²) in [6, 6.07) is 1.34. The summed E-state index contributed by atoms with van der Waals surface area (Å²) in [6.45, 7) is 1.16. The van der Waals surface area contributed by atoms with E-state index in [2.05, 4.69) is 10.2 Å². The van der Waals surface area contributed by atoms with E-state index in [-0.39, 0.29) is 31.4 Å². The van der Waals surface area contributed by atoms with E-state index < -0.39 is 5.97 Å². The highest BCUT2D eigenvalue weighted by Crippen LogP contribution is 2.12. The number of carboxylic acids is 1. The highest BCUT2D eigenvalue weighted by atomic mass is 16.5. The number of nitrogens with one attached hydrogen (secondary N) is 1. The first-order chi connectivity index (χ1) is 8.66. The van der Waals surface area contributed by atoms with E-state index in [1.807, 2.05) is 0 Å². The number of rotatable bonds is 4. The van der Waals surface area contributed by atoms with Crippen molar-refractivity contribution >= 4 is 11.9 Å². The summed E-state index contributed by atoms with van der Waals surface area (Å²) in [6.07, 6.45) is 1.70. The molecule has 0 saturated carbocycles. The highest BCUT2D eigenvalue weighted by Gasteiger charge is 2.29. The van der Waals surface area contributed by atoms with Gasteiger partial charge in [-0.05, 0) is 6.07 Å². The molecule has 98 valence electrons. The van der Waals surface area contributed by atoms with Gasteiger partial charge in [-0.2, -0.15) is 5.10 Å². The minimum atomic E-state index is -0.926. The van der Waals surface area contributed by atoms with Gasteiger partial charge in [-0.15, -0.1) is 0 Å². The summed E-state index contributed by atoms with van der Waals surface area (Å²) >= 11 is 0. The fourth-order valence-electron chi connectivity index (χ4n) is 2.00. The van der Waals surface area contributed by atoms with Gasteiger partial charge in [0.1, 0.15) is 0 Å². The Bertz CT molecular complexity index is 418. The van der Waals surface area contributed by atoms with Crippen LogP contribution in [0.3, 0.4) is 0 Å². The van der Waals surface area contributed by atoms with Crippen LogP contribution in [0.5, 0.6) is 0 Å². The van der Waals surface area contributed by atoms with Gasteiger partial charge < -0.3 is 14.7 Å². The van der Waals surface area contributed by atoms with Crippen LogP contribution >= 0.6 is 0 Å². The summed E-state index contributed by atoms with van der Waals surface area (Å²) in [5.74, 6) is -1.03. The Balaban J connectivity index is 1.99. The zero-order valence-electron chi connectivity index (χ0n) is 9.83. The molecule has 0 aromatic carbocycles. The molecular formula is C11H15N3O4. The van der Waals surface area contributed by atoms with Gasteiger partial charge in [0.2, 0.25) is 5.91 Å². The molecule has 1 atom stereocenters. The monoisotopic (exact) mass is 253 g/mol. The molecule has 1 amide bonds. The Labute approximate surface area is 104 Å². The molecule has 2 heterocycles. The van der Waals surface area contributed by atoms with Crippen molar-refractivity contribution in [3.8, 4) is 0 Å². The first-order valence-electron chi connectivity index (χ1n) is 5.74. The summed E-state index contributed by atoms with van der Waals surface area (Å²) in [5, 5.41) is 15.3. The first-order valence-corrected chi connectivity index (χ1v) is 5.74. The molecule has 0 spiro atoms. The molecule has 1 saturated heterocycles. The summed E-state index contributed by atoms with van der Waals surface area (Å²) < 4.78 is 5.22. The molecule has 0 aliphatic carbocycles. The number of amides is 1. The number of carbonyl (C=O) groups is 2. The number of carboxylic acid groups (broad SMARTS) is 1. The number of carbonyl (C=O) groups excluding carboxylic acids is 1. The average Bonchev–Trinajstić information content (AvgIpc) is 2.81. The lowest BCUT2D eigenvalue weighted by Gasteiger charge is -2.34. The predicted octanol–water partition coefficient (Wildman–Crippen LogP) is -0.346. The third-order valence-corrected chi connectivity index (χ3v) is 2.86. The molecule has 1 aliphatic heterocycles. The molecule has 0 bridgehead atoms. The van der Waals surface area contributed by atoms with Crippen molar-refractivity contribution in [2.45, 2.75) is 18.9 Å². The number of aromatic amines is 1. The number of ether oxygens (including phenoxy) is 1. The lowest BCUT2D eigenvalue weighted by atomic mass is 10.1. The Morgan fingerprint density at radius 1 is 1.61 bits per heavy atom. The van der Waals surface area contributed by atoms with Crippen LogP contribution in [0.2, 0.25) is 0 Å². The highest BCUT2D eigenvalue weighted by molar-refractivity contribution is 5.79. The molecule has 2 rings (SSSR count). The Morgan fingerprint density at radius 3 is 3.11 bits per heavy atom. The maximum Gasteiger partial charge on any atom is 0.305 e. The van der Waals surface area contributed by atoms with E-state index in [1.54, 1.807) is 17.2 Å². The van der Waals surface area contributed by atoms with Crippen LogP contribution in [0.4, 0.5) is 0 Å². The van der Waals surface area contributed by atoms with Crippen molar-refractivity contribution < 1.29 is 19.4 Å². The standard InChI is InChI=1S/C11H15N3O4/c15-10(5-8-1-2-12-13-8)14-3-4-18-7-9(14)6-11(16)17/h1-2,9H,3-7H2,(H,12,13)(H,16,17). The van der Waals surface area contributed by atoms with Crippen molar-refractivity contribution in [1.29, 1.82) is 0 Å². The SMILES string of the molecule is O=C(O)CC1COCCN1C(=O)Cc1ccn[nH]1. The van der Waals surface area contributed by atoms with Gasteiger partial charge in [0.25, 0.3) is 0 Å². The number of morpholine rings is 1. The van der Waals surface area contributed by atoms with Crippen LogP contribution in [0.1, 0.15) is 12.1 Å². The minimum absolute atomic E-state index is 0.0886. The number of H-pyrrole nitrogens is 1. The number of aliphatic carboxylic acids is 1. The molecule has 0 radical (unpaired) electrons. The van der Waals surface area contributed by atoms with Crippen molar-refractivity contribution in [3.63, 3.8) is 0 Å². The quantitative estimate of drug-likeness (QED) is 0.765. The maximum atomic E-state index is 12.1. The number of hydrogen-bond donors (Lipinski definition) is 2. The molecule has 1 aromatic heterocycles. The van der Waals surface area contributed by atoms with Gasteiger partial charge in [-0.1, -0.05) is 0 Å². The van der Waals surface area contributed by atoms with E-state index >= 15 is 0 Å². The fraction of sp³-hybridized carbons (Fsp3) is 0.545. The first kappa shape index (κ1) is 12.6. The molecule has 7 heteroatoms. The van der Waals surface area contributed by atoms with E-state index in [1.165, 1.54) is 0 Å². The summed E-state index contributed by atoms with van der Waals surface area (Å²) in [5.41, 5.74) is 0.723. The van der Waals surface area contributed by atoms with E-state index in [4.69, 9.17) is 9.84 Å². The lowest BCUT2D eigenvalue weighted by molar-refractivity contribution is -0.145. The second-order valence-corrected chi connectivity index (χ2v) is 4.17. The van der Waals surface area contributed by atoms with Crippen LogP contribution < -0.4 is 0 Å². The Hall–Kier alpha value is -1.89. The second-order valence-electron chi connectivity index (χ2n) is 4.17. The average molecular weight is 253 g/mol. The summed E-state index contributed by atoms with van der Waals surface area (Å²) in [7, 11) is 0. The molecule has 7 nitrogen and oxygen atoms in total. The van der Waals surface area contributed by atoms with E-state index in [0.29, 0.717) is 13.2 Å².